The van der Waals surface area contributed by atoms with Gasteiger partial charge in [-0.1, -0.05) is 57.9 Å². The fraction of sp³-hybridized carbons (Fsp3) is 0.344. The highest BCUT2D eigenvalue weighted by molar-refractivity contribution is 6.25. The van der Waals surface area contributed by atoms with Gasteiger partial charge in [0.2, 0.25) is 5.52 Å². The van der Waals surface area contributed by atoms with E-state index in [1.54, 1.807) is 0 Å². The normalized spacial score (nSPS) is 15.8. The van der Waals surface area contributed by atoms with Crippen molar-refractivity contribution in [1.29, 1.82) is 0 Å². The maximum atomic E-state index is 2.59. The molecular formula is C32H33N2+. The molecule has 2 heteroatoms. The Balaban J connectivity index is 1.76. The number of fused-ring (bicyclic) bond motifs is 5. The molecule has 0 N–H and O–H groups in total. The van der Waals surface area contributed by atoms with Crippen LogP contribution in [0.4, 0.5) is 0 Å². The van der Waals surface area contributed by atoms with Gasteiger partial charge in [0.05, 0.1) is 27.3 Å². The largest absolute Gasteiger partial charge is 0.307 e. The molecule has 7 rings (SSSR count). The minimum Gasteiger partial charge on any atom is -0.307 e. The van der Waals surface area contributed by atoms with Crippen LogP contribution in [0.2, 0.25) is 0 Å². The molecule has 0 bridgehead atoms. The van der Waals surface area contributed by atoms with Gasteiger partial charge in [0.1, 0.15) is 7.05 Å². The van der Waals surface area contributed by atoms with Crippen molar-refractivity contribution in [3.05, 3.63) is 71.4 Å². The predicted molar refractivity (Wildman–Crippen MR) is 144 cm³/mol. The van der Waals surface area contributed by atoms with Crippen molar-refractivity contribution in [2.75, 3.05) is 0 Å². The second kappa shape index (κ2) is 6.72. The quantitative estimate of drug-likeness (QED) is 0.137. The van der Waals surface area contributed by atoms with Gasteiger partial charge in [0, 0.05) is 16.8 Å². The van der Waals surface area contributed by atoms with E-state index in [1.165, 1.54) is 91.4 Å². The number of aromatic nitrogens is 2. The molecule has 1 aliphatic rings. The maximum absolute atomic E-state index is 2.59. The Kier molecular flexibility index (Phi) is 4.00. The Bertz CT molecular complexity index is 1750. The summed E-state index contributed by atoms with van der Waals surface area (Å²) in [5, 5.41) is 6.91. The van der Waals surface area contributed by atoms with Crippen molar-refractivity contribution >= 4 is 49.0 Å². The van der Waals surface area contributed by atoms with E-state index in [0.29, 0.717) is 5.92 Å². The molecular weight excluding hydrogens is 412 g/mol. The average Bonchev–Trinajstić information content (AvgIpc) is 3.45. The Labute approximate surface area is 201 Å². The summed E-state index contributed by atoms with van der Waals surface area (Å²) in [6.45, 7) is 9.20. The van der Waals surface area contributed by atoms with Crippen LogP contribution in [0.25, 0.3) is 49.0 Å². The van der Waals surface area contributed by atoms with Crippen molar-refractivity contribution in [3.63, 3.8) is 0 Å². The molecule has 3 heterocycles. The molecule has 1 saturated carbocycles. The molecule has 3 aromatic carbocycles. The molecule has 0 amide bonds. The summed E-state index contributed by atoms with van der Waals surface area (Å²) in [5.74, 6) is 0.696. The Hall–Kier alpha value is -3.13. The first-order valence-electron chi connectivity index (χ1n) is 12.9. The van der Waals surface area contributed by atoms with Gasteiger partial charge in [0.25, 0.3) is 0 Å². The third kappa shape index (κ3) is 2.60. The highest BCUT2D eigenvalue weighted by Crippen LogP contribution is 2.43. The predicted octanol–water partition coefficient (Wildman–Crippen LogP) is 8.08. The van der Waals surface area contributed by atoms with Crippen LogP contribution in [0.1, 0.15) is 69.1 Å². The van der Waals surface area contributed by atoms with E-state index in [1.807, 2.05) is 0 Å². The average molecular weight is 446 g/mol. The second-order valence-electron chi connectivity index (χ2n) is 11.7. The van der Waals surface area contributed by atoms with Crippen LogP contribution in [-0.4, -0.2) is 4.40 Å². The topological polar surface area (TPSA) is 8.29 Å². The first kappa shape index (κ1) is 20.3. The van der Waals surface area contributed by atoms with Crippen LogP contribution in [0.5, 0.6) is 0 Å². The highest BCUT2D eigenvalue weighted by Gasteiger charge is 2.26. The fourth-order valence-corrected chi connectivity index (χ4v) is 6.70. The maximum Gasteiger partial charge on any atom is 0.224 e. The minimum atomic E-state index is 0.126. The summed E-state index contributed by atoms with van der Waals surface area (Å²) in [4.78, 5) is 0. The zero-order valence-electron chi connectivity index (χ0n) is 21.0. The second-order valence-corrected chi connectivity index (χ2v) is 11.7. The molecule has 2 nitrogen and oxygen atoms in total. The summed E-state index contributed by atoms with van der Waals surface area (Å²) in [7, 11) is 2.21. The summed E-state index contributed by atoms with van der Waals surface area (Å²) in [6, 6.07) is 19.2. The smallest absolute Gasteiger partial charge is 0.224 e. The summed E-state index contributed by atoms with van der Waals surface area (Å²) < 4.78 is 4.93. The number of benzene rings is 3. The lowest BCUT2D eigenvalue weighted by atomic mass is 9.86. The number of aryl methyl sites for hydroxylation is 2. The van der Waals surface area contributed by atoms with E-state index in [2.05, 4.69) is 98.4 Å². The first-order chi connectivity index (χ1) is 16.3. The van der Waals surface area contributed by atoms with Gasteiger partial charge in [-0.15, -0.1) is 0 Å². The van der Waals surface area contributed by atoms with Crippen LogP contribution in [-0.2, 0) is 12.5 Å². The molecule has 0 saturated heterocycles. The summed E-state index contributed by atoms with van der Waals surface area (Å²) >= 11 is 0. The van der Waals surface area contributed by atoms with Crippen molar-refractivity contribution < 1.29 is 4.57 Å². The Morgan fingerprint density at radius 2 is 1.65 bits per heavy atom. The fourth-order valence-electron chi connectivity index (χ4n) is 6.70. The molecule has 170 valence electrons. The Morgan fingerprint density at radius 1 is 0.853 bits per heavy atom. The van der Waals surface area contributed by atoms with Gasteiger partial charge in [-0.3, -0.25) is 0 Å². The zero-order chi connectivity index (χ0) is 23.4. The first-order valence-corrected chi connectivity index (χ1v) is 12.9. The van der Waals surface area contributed by atoms with Gasteiger partial charge in [-0.2, -0.15) is 0 Å². The van der Waals surface area contributed by atoms with Gasteiger partial charge in [-0.05, 0) is 71.4 Å². The van der Waals surface area contributed by atoms with Gasteiger partial charge >= 0.3 is 0 Å². The van der Waals surface area contributed by atoms with Crippen LogP contribution in [0.15, 0.2) is 54.7 Å². The molecule has 1 aliphatic carbocycles. The van der Waals surface area contributed by atoms with E-state index < -0.39 is 0 Å². The van der Waals surface area contributed by atoms with Crippen molar-refractivity contribution in [2.45, 2.75) is 64.7 Å². The van der Waals surface area contributed by atoms with Gasteiger partial charge in [-0.25, -0.2) is 4.57 Å². The van der Waals surface area contributed by atoms with E-state index in [9.17, 15) is 0 Å². The van der Waals surface area contributed by atoms with Gasteiger partial charge < -0.3 is 4.40 Å². The molecule has 0 radical (unpaired) electrons. The summed E-state index contributed by atoms with van der Waals surface area (Å²) in [6.07, 6.45) is 7.63. The Morgan fingerprint density at radius 3 is 2.41 bits per heavy atom. The van der Waals surface area contributed by atoms with Crippen molar-refractivity contribution in [1.82, 2.24) is 4.40 Å². The molecule has 6 aromatic rings. The van der Waals surface area contributed by atoms with E-state index in [4.69, 9.17) is 0 Å². The standard InChI is InChI=1S/C32H33N2/c1-19-10-12-24-25-18-23(32(2,3)4)11-13-26(25)34-27-17-22(20-8-6-7-9-20)16-21-14-15-33(5)31(29(21)27)28(19)30(24)34/h10-18,20H,6-9H2,1-5H3/q+1. The molecule has 0 atom stereocenters. The molecule has 1 fully saturated rings. The highest BCUT2D eigenvalue weighted by atomic mass is 15.0. The number of nitrogens with zero attached hydrogens (tertiary/aromatic N) is 2. The minimum absolute atomic E-state index is 0.126. The monoisotopic (exact) mass is 445 g/mol. The lowest BCUT2D eigenvalue weighted by Gasteiger charge is -2.19. The van der Waals surface area contributed by atoms with Crippen LogP contribution in [0.3, 0.4) is 0 Å². The number of rotatable bonds is 1. The SMILES string of the molecule is Cc1ccc2c3cc(C(C)(C)C)ccc3n3c4cc(C5CCCC5)cc5cc[n+](C)c(c1c23)c54. The molecule has 0 spiro atoms. The third-order valence-electron chi connectivity index (χ3n) is 8.55. The van der Waals surface area contributed by atoms with Crippen LogP contribution >= 0.6 is 0 Å². The van der Waals surface area contributed by atoms with Crippen molar-refractivity contribution in [2.24, 2.45) is 7.05 Å². The molecule has 0 unspecified atom stereocenters. The van der Waals surface area contributed by atoms with E-state index in [-0.39, 0.29) is 5.41 Å². The number of hydrogen-bond acceptors (Lipinski definition) is 0. The van der Waals surface area contributed by atoms with Crippen LogP contribution < -0.4 is 4.57 Å². The lowest BCUT2D eigenvalue weighted by Crippen LogP contribution is -2.29. The lowest BCUT2D eigenvalue weighted by molar-refractivity contribution is -0.643. The molecule has 34 heavy (non-hydrogen) atoms. The number of hydrogen-bond donors (Lipinski definition) is 0. The van der Waals surface area contributed by atoms with Crippen molar-refractivity contribution in [3.8, 4) is 0 Å². The zero-order valence-corrected chi connectivity index (χ0v) is 21.0. The van der Waals surface area contributed by atoms with Crippen LogP contribution in [0, 0.1) is 6.92 Å². The molecule has 0 aliphatic heterocycles. The number of pyridine rings is 2. The van der Waals surface area contributed by atoms with Gasteiger partial charge in [0.15, 0.2) is 6.20 Å². The summed E-state index contributed by atoms with van der Waals surface area (Å²) in [5.41, 5.74) is 9.83. The molecule has 3 aromatic heterocycles. The third-order valence-corrected chi connectivity index (χ3v) is 8.55. The van der Waals surface area contributed by atoms with E-state index in [0.717, 1.165) is 0 Å². The van der Waals surface area contributed by atoms with E-state index >= 15 is 0 Å².